The van der Waals surface area contributed by atoms with Gasteiger partial charge in [0, 0.05) is 0 Å². The van der Waals surface area contributed by atoms with E-state index in [-0.39, 0.29) is 6.61 Å². The second kappa shape index (κ2) is 49.1. The maximum Gasteiger partial charge on any atom is 0.249 e. The molecule has 0 aromatic rings. The lowest BCUT2D eigenvalue weighted by Gasteiger charge is -2.40. The van der Waals surface area contributed by atoms with Gasteiger partial charge in [-0.05, 0) is 38.5 Å². The van der Waals surface area contributed by atoms with Gasteiger partial charge in [-0.3, -0.25) is 4.79 Å². The number of rotatable bonds is 52. The Morgan fingerprint density at radius 2 is 0.812 bits per heavy atom. The van der Waals surface area contributed by atoms with E-state index in [2.05, 4.69) is 31.3 Å². The molecular weight excluding hydrogens is 867 g/mol. The maximum absolute atomic E-state index is 13.2. The van der Waals surface area contributed by atoms with E-state index in [1.54, 1.807) is 0 Å². The molecule has 0 aromatic heterocycles. The minimum absolute atomic E-state index is 0.252. The molecule has 1 aliphatic heterocycles. The summed E-state index contributed by atoms with van der Waals surface area (Å²) in [6.07, 6.45) is 49.9. The number of ether oxygens (including phenoxy) is 2. The van der Waals surface area contributed by atoms with Crippen LogP contribution in [0.1, 0.15) is 296 Å². The monoisotopic (exact) mass is 982 g/mol. The fourth-order valence-electron chi connectivity index (χ4n) is 9.87. The minimum Gasteiger partial charge on any atom is -0.394 e. The molecule has 1 saturated heterocycles. The van der Waals surface area contributed by atoms with Crippen LogP contribution in [0.15, 0.2) is 12.2 Å². The normalized spacial score (nSPS) is 19.9. The molecule has 0 spiro atoms. The topological polar surface area (TPSA) is 169 Å². The Morgan fingerprint density at radius 1 is 0.478 bits per heavy atom. The Labute approximate surface area is 425 Å². The Bertz CT molecular complexity index is 1110. The van der Waals surface area contributed by atoms with Crippen molar-refractivity contribution in [2.24, 2.45) is 0 Å². The molecule has 0 saturated carbocycles. The summed E-state index contributed by atoms with van der Waals surface area (Å²) < 4.78 is 11.2. The third kappa shape index (κ3) is 38.2. The Hall–Kier alpha value is -1.11. The van der Waals surface area contributed by atoms with Crippen LogP contribution < -0.4 is 5.32 Å². The Morgan fingerprint density at radius 3 is 1.17 bits per heavy atom. The highest BCUT2D eigenvalue weighted by Gasteiger charge is 2.44. The Balaban J connectivity index is 2.21. The van der Waals surface area contributed by atoms with E-state index in [1.165, 1.54) is 225 Å². The van der Waals surface area contributed by atoms with Gasteiger partial charge in [0.2, 0.25) is 5.91 Å². The maximum atomic E-state index is 13.2. The fraction of sp³-hybridized carbons (Fsp3) is 0.949. The lowest BCUT2D eigenvalue weighted by molar-refractivity contribution is -0.302. The summed E-state index contributed by atoms with van der Waals surface area (Å²) in [5, 5.41) is 65.3. The minimum atomic E-state index is -1.60. The molecule has 0 radical (unpaired) electrons. The van der Waals surface area contributed by atoms with Crippen molar-refractivity contribution < 1.29 is 44.9 Å². The van der Waals surface area contributed by atoms with Gasteiger partial charge >= 0.3 is 0 Å². The van der Waals surface area contributed by atoms with Crippen LogP contribution in [0.4, 0.5) is 0 Å². The molecule has 1 rings (SSSR count). The van der Waals surface area contributed by atoms with E-state index < -0.39 is 61.5 Å². The fourth-order valence-corrected chi connectivity index (χ4v) is 9.87. The highest BCUT2D eigenvalue weighted by atomic mass is 16.7. The Kier molecular flexibility index (Phi) is 46.9. The van der Waals surface area contributed by atoms with Crippen LogP contribution in [0.25, 0.3) is 0 Å². The number of unbranched alkanes of at least 4 members (excludes halogenated alkanes) is 39. The summed E-state index contributed by atoms with van der Waals surface area (Å²) in [4.78, 5) is 13.2. The number of carbonyl (C=O) groups excluding carboxylic acids is 1. The van der Waals surface area contributed by atoms with Crippen molar-refractivity contribution in [2.45, 2.75) is 345 Å². The molecule has 0 aliphatic carbocycles. The highest BCUT2D eigenvalue weighted by molar-refractivity contribution is 5.80. The van der Waals surface area contributed by atoms with Gasteiger partial charge in [-0.1, -0.05) is 270 Å². The van der Waals surface area contributed by atoms with Crippen molar-refractivity contribution in [3.05, 3.63) is 12.2 Å². The molecule has 8 atom stereocenters. The van der Waals surface area contributed by atoms with Crippen LogP contribution in [0.3, 0.4) is 0 Å². The number of carbonyl (C=O) groups is 1. The quantitative estimate of drug-likeness (QED) is 0.0232. The summed E-state index contributed by atoms with van der Waals surface area (Å²) in [6.45, 7) is 3.71. The molecule has 69 heavy (non-hydrogen) atoms. The van der Waals surface area contributed by atoms with Crippen LogP contribution in [0.5, 0.6) is 0 Å². The molecule has 1 heterocycles. The second-order valence-electron chi connectivity index (χ2n) is 21.3. The largest absolute Gasteiger partial charge is 0.394 e. The molecular formula is C59H115NO9. The first-order chi connectivity index (χ1) is 33.8. The van der Waals surface area contributed by atoms with Crippen molar-refractivity contribution >= 4 is 5.91 Å². The molecule has 8 unspecified atom stereocenters. The second-order valence-corrected chi connectivity index (χ2v) is 21.3. The van der Waals surface area contributed by atoms with Crippen molar-refractivity contribution in [1.82, 2.24) is 5.32 Å². The zero-order chi connectivity index (χ0) is 50.3. The average molecular weight is 983 g/mol. The molecule has 0 bridgehead atoms. The number of nitrogens with one attached hydrogen (secondary N) is 1. The van der Waals surface area contributed by atoms with Crippen molar-refractivity contribution in [3.8, 4) is 0 Å². The summed E-state index contributed by atoms with van der Waals surface area (Å²) in [6, 6.07) is -0.892. The zero-order valence-corrected chi connectivity index (χ0v) is 45.2. The standard InChI is InChI=1S/C59H115NO9/c1-3-5-7-9-11-13-15-17-19-21-22-23-24-25-26-27-28-29-30-32-34-36-38-40-42-44-46-48-53(63)58(67)60-51(50-68-59-57(66)56(65)55(64)54(49-61)69-59)52(62)47-45-43-41-39-37-35-33-31-20-18-16-14-12-10-8-6-4-2/h25-26,51-57,59,61-66H,3-24,27-50H2,1-2H3,(H,60,67)/b26-25-. The van der Waals surface area contributed by atoms with Crippen LogP contribution in [0, 0.1) is 0 Å². The number of aliphatic hydroxyl groups excluding tert-OH is 6. The molecule has 10 heteroatoms. The number of hydrogen-bond donors (Lipinski definition) is 7. The summed E-state index contributed by atoms with van der Waals surface area (Å²) in [7, 11) is 0. The average Bonchev–Trinajstić information content (AvgIpc) is 3.35. The summed E-state index contributed by atoms with van der Waals surface area (Å²) in [5.74, 6) is -0.579. The number of hydrogen-bond acceptors (Lipinski definition) is 9. The van der Waals surface area contributed by atoms with Crippen molar-refractivity contribution in [1.29, 1.82) is 0 Å². The van der Waals surface area contributed by atoms with E-state index in [0.29, 0.717) is 12.8 Å². The summed E-state index contributed by atoms with van der Waals surface area (Å²) >= 11 is 0. The number of aliphatic hydroxyl groups is 6. The van der Waals surface area contributed by atoms with E-state index >= 15 is 0 Å². The van der Waals surface area contributed by atoms with E-state index in [9.17, 15) is 35.4 Å². The van der Waals surface area contributed by atoms with E-state index in [0.717, 1.165) is 44.9 Å². The van der Waals surface area contributed by atoms with Crippen molar-refractivity contribution in [3.63, 3.8) is 0 Å². The smallest absolute Gasteiger partial charge is 0.249 e. The number of amides is 1. The van der Waals surface area contributed by atoms with Gasteiger partial charge in [-0.25, -0.2) is 0 Å². The predicted molar refractivity (Wildman–Crippen MR) is 287 cm³/mol. The molecule has 7 N–H and O–H groups in total. The first kappa shape index (κ1) is 65.9. The lowest BCUT2D eigenvalue weighted by Crippen LogP contribution is -2.60. The third-order valence-electron chi connectivity index (χ3n) is 14.7. The predicted octanol–water partition coefficient (Wildman–Crippen LogP) is 13.8. The SMILES string of the molecule is CCCCCCCCCCCCCC/C=C\CCCCCCCCCCCCCC(O)C(=O)NC(COC1OC(CO)C(O)C(O)C1O)C(O)CCCCCCCCCCCCCCCCCCC. The van der Waals surface area contributed by atoms with Crippen LogP contribution in [-0.4, -0.2) is 98.7 Å². The van der Waals surface area contributed by atoms with Gasteiger partial charge in [0.25, 0.3) is 0 Å². The van der Waals surface area contributed by atoms with Crippen LogP contribution in [0.2, 0.25) is 0 Å². The zero-order valence-electron chi connectivity index (χ0n) is 45.2. The van der Waals surface area contributed by atoms with Gasteiger partial charge in [0.1, 0.15) is 30.5 Å². The third-order valence-corrected chi connectivity index (χ3v) is 14.7. The first-order valence-electron chi connectivity index (χ1n) is 30.0. The number of allylic oxidation sites excluding steroid dienone is 2. The highest BCUT2D eigenvalue weighted by Crippen LogP contribution is 2.23. The molecule has 0 aromatic carbocycles. The summed E-state index contributed by atoms with van der Waals surface area (Å²) in [5.41, 5.74) is 0. The van der Waals surface area contributed by atoms with Gasteiger partial charge in [0.05, 0.1) is 25.4 Å². The van der Waals surface area contributed by atoms with Gasteiger partial charge < -0.3 is 45.4 Å². The van der Waals surface area contributed by atoms with Gasteiger partial charge in [0.15, 0.2) is 6.29 Å². The van der Waals surface area contributed by atoms with E-state index in [1.807, 2.05) is 0 Å². The van der Waals surface area contributed by atoms with Crippen LogP contribution in [-0.2, 0) is 14.3 Å². The molecule has 10 nitrogen and oxygen atoms in total. The van der Waals surface area contributed by atoms with Gasteiger partial charge in [-0.2, -0.15) is 0 Å². The molecule has 410 valence electrons. The van der Waals surface area contributed by atoms with Crippen LogP contribution >= 0.6 is 0 Å². The van der Waals surface area contributed by atoms with Crippen molar-refractivity contribution in [2.75, 3.05) is 13.2 Å². The van der Waals surface area contributed by atoms with Gasteiger partial charge in [-0.15, -0.1) is 0 Å². The van der Waals surface area contributed by atoms with E-state index in [4.69, 9.17) is 9.47 Å². The molecule has 1 fully saturated rings. The first-order valence-corrected chi connectivity index (χ1v) is 30.0. The lowest BCUT2D eigenvalue weighted by atomic mass is 9.99. The molecule has 1 amide bonds. The molecule has 1 aliphatic rings.